The van der Waals surface area contributed by atoms with Crippen molar-refractivity contribution < 1.29 is 18.7 Å². The zero-order valence-electron chi connectivity index (χ0n) is 14.7. The van der Waals surface area contributed by atoms with Crippen LogP contribution in [0.5, 0.6) is 0 Å². The Morgan fingerprint density at radius 2 is 1.67 bits per heavy atom. The van der Waals surface area contributed by atoms with Gasteiger partial charge in [-0.2, -0.15) is 0 Å². The summed E-state index contributed by atoms with van der Waals surface area (Å²) >= 11 is 0. The van der Waals surface area contributed by atoms with Crippen LogP contribution in [0.15, 0.2) is 71.1 Å². The molecule has 1 heterocycles. The molecule has 0 fully saturated rings. The van der Waals surface area contributed by atoms with Gasteiger partial charge in [0.05, 0.1) is 0 Å². The Hall–Kier alpha value is -3.60. The molecule has 1 N–H and O–H groups in total. The second-order valence-electron chi connectivity index (χ2n) is 6.21. The third-order valence-electron chi connectivity index (χ3n) is 4.41. The minimum absolute atomic E-state index is 0.119. The van der Waals surface area contributed by atoms with Gasteiger partial charge >= 0.3 is 5.97 Å². The molecule has 0 unspecified atom stereocenters. The highest BCUT2D eigenvalue weighted by molar-refractivity contribution is 6.08. The van der Waals surface area contributed by atoms with Gasteiger partial charge < -0.3 is 14.5 Å². The van der Waals surface area contributed by atoms with Crippen LogP contribution < -0.4 is 5.32 Å². The van der Waals surface area contributed by atoms with Crippen LogP contribution in [0.4, 0.5) is 5.69 Å². The van der Waals surface area contributed by atoms with Crippen molar-refractivity contribution in [2.24, 2.45) is 0 Å². The van der Waals surface area contributed by atoms with Gasteiger partial charge in [-0.15, -0.1) is 0 Å². The highest BCUT2D eigenvalue weighted by Crippen LogP contribution is 2.32. The summed E-state index contributed by atoms with van der Waals surface area (Å²) in [5.74, 6) is -0.946. The number of furan rings is 1. The van der Waals surface area contributed by atoms with Gasteiger partial charge in [0.15, 0.2) is 6.61 Å². The number of nitrogens with one attached hydrogen (secondary N) is 1. The first-order valence-corrected chi connectivity index (χ1v) is 8.56. The van der Waals surface area contributed by atoms with E-state index in [0.717, 1.165) is 16.2 Å². The number of fused-ring (bicyclic) bond motifs is 3. The number of amides is 1. The van der Waals surface area contributed by atoms with Gasteiger partial charge in [0, 0.05) is 22.0 Å². The van der Waals surface area contributed by atoms with Crippen molar-refractivity contribution in [1.29, 1.82) is 0 Å². The summed E-state index contributed by atoms with van der Waals surface area (Å²) in [4.78, 5) is 24.4. The van der Waals surface area contributed by atoms with Crippen LogP contribution in [0.3, 0.4) is 0 Å². The van der Waals surface area contributed by atoms with E-state index in [4.69, 9.17) is 9.15 Å². The molecule has 0 aliphatic carbocycles. The van der Waals surface area contributed by atoms with Crippen molar-refractivity contribution in [2.45, 2.75) is 6.92 Å². The summed E-state index contributed by atoms with van der Waals surface area (Å²) < 4.78 is 11.0. The molecular formula is C22H17NO4. The monoisotopic (exact) mass is 359 g/mol. The molecular weight excluding hydrogens is 342 g/mol. The molecule has 0 radical (unpaired) electrons. The van der Waals surface area contributed by atoms with E-state index < -0.39 is 11.9 Å². The third kappa shape index (κ3) is 3.27. The van der Waals surface area contributed by atoms with Gasteiger partial charge in [0.25, 0.3) is 5.91 Å². The number of benzene rings is 3. The fourth-order valence-corrected chi connectivity index (χ4v) is 3.06. The molecule has 0 bridgehead atoms. The largest absolute Gasteiger partial charge is 0.450 e. The summed E-state index contributed by atoms with van der Waals surface area (Å²) in [6.07, 6.45) is 0. The lowest BCUT2D eigenvalue weighted by molar-refractivity contribution is -0.119. The second-order valence-corrected chi connectivity index (χ2v) is 6.21. The molecule has 0 atom stereocenters. The van der Waals surface area contributed by atoms with Gasteiger partial charge in [-0.3, -0.25) is 4.79 Å². The summed E-state index contributed by atoms with van der Waals surface area (Å²) in [6.45, 7) is 1.42. The Morgan fingerprint density at radius 1 is 0.926 bits per heavy atom. The number of carbonyl (C=O) groups is 2. The predicted molar refractivity (Wildman–Crippen MR) is 104 cm³/mol. The molecule has 0 aliphatic heterocycles. The number of anilines is 1. The zero-order valence-corrected chi connectivity index (χ0v) is 14.7. The first-order valence-electron chi connectivity index (χ1n) is 8.56. The number of carbonyl (C=O) groups excluding carboxylic acids is 2. The van der Waals surface area contributed by atoms with Crippen LogP contribution in [-0.4, -0.2) is 18.5 Å². The van der Waals surface area contributed by atoms with Crippen LogP contribution in [0.2, 0.25) is 0 Å². The van der Waals surface area contributed by atoms with Crippen molar-refractivity contribution in [3.05, 3.63) is 78.1 Å². The van der Waals surface area contributed by atoms with Crippen LogP contribution in [0, 0.1) is 6.92 Å². The Labute approximate surface area is 155 Å². The van der Waals surface area contributed by atoms with Crippen LogP contribution in [-0.2, 0) is 9.53 Å². The average molecular weight is 359 g/mol. The summed E-state index contributed by atoms with van der Waals surface area (Å²) in [6, 6.07) is 20.7. The Balaban J connectivity index is 1.53. The predicted octanol–water partition coefficient (Wildman–Crippen LogP) is 4.69. The van der Waals surface area contributed by atoms with E-state index in [1.165, 1.54) is 0 Å². The maximum atomic E-state index is 12.4. The van der Waals surface area contributed by atoms with Crippen molar-refractivity contribution in [3.8, 4) is 0 Å². The zero-order chi connectivity index (χ0) is 18.8. The minimum Gasteiger partial charge on any atom is -0.450 e. The highest BCUT2D eigenvalue weighted by Gasteiger charge is 2.21. The Morgan fingerprint density at radius 3 is 2.48 bits per heavy atom. The molecule has 4 aromatic rings. The van der Waals surface area contributed by atoms with Gasteiger partial charge in [-0.25, -0.2) is 4.79 Å². The standard InChI is InChI=1S/C22H17NO4/c1-14-17-12-11-15-7-5-6-10-18(15)21(17)27-20(14)22(25)26-13-19(24)23-16-8-3-2-4-9-16/h2-12H,13H2,1H3,(H,23,24). The fraction of sp³-hybridized carbons (Fsp3) is 0.0909. The van der Waals surface area contributed by atoms with E-state index in [1.807, 2.05) is 54.6 Å². The number of esters is 1. The SMILES string of the molecule is Cc1c(C(=O)OCC(=O)Nc2ccccc2)oc2c1ccc1ccccc12. The van der Waals surface area contributed by atoms with Crippen molar-refractivity contribution >= 4 is 39.3 Å². The van der Waals surface area contributed by atoms with Crippen molar-refractivity contribution in [3.63, 3.8) is 0 Å². The molecule has 4 rings (SSSR count). The maximum Gasteiger partial charge on any atom is 0.375 e. The number of para-hydroxylation sites is 1. The van der Waals surface area contributed by atoms with Crippen molar-refractivity contribution in [2.75, 3.05) is 11.9 Å². The lowest BCUT2D eigenvalue weighted by Gasteiger charge is -2.05. The second kappa shape index (κ2) is 6.96. The van der Waals surface area contributed by atoms with Gasteiger partial charge in [0.1, 0.15) is 5.58 Å². The smallest absolute Gasteiger partial charge is 0.375 e. The Bertz CT molecular complexity index is 1150. The lowest BCUT2D eigenvalue weighted by atomic mass is 10.1. The van der Waals surface area contributed by atoms with Crippen LogP contribution in [0.1, 0.15) is 16.1 Å². The fourth-order valence-electron chi connectivity index (χ4n) is 3.06. The number of aryl methyl sites for hydroxylation is 1. The number of ether oxygens (including phenoxy) is 1. The summed E-state index contributed by atoms with van der Waals surface area (Å²) in [5.41, 5.74) is 1.99. The van der Waals surface area contributed by atoms with Crippen molar-refractivity contribution in [1.82, 2.24) is 0 Å². The van der Waals surface area contributed by atoms with E-state index >= 15 is 0 Å². The van der Waals surface area contributed by atoms with E-state index in [-0.39, 0.29) is 12.4 Å². The average Bonchev–Trinajstić information content (AvgIpc) is 3.04. The Kier molecular flexibility index (Phi) is 4.34. The normalized spacial score (nSPS) is 10.9. The van der Waals surface area contributed by atoms with E-state index in [1.54, 1.807) is 19.1 Å². The summed E-state index contributed by atoms with van der Waals surface area (Å²) in [5, 5.41) is 5.48. The van der Waals surface area contributed by atoms with E-state index in [2.05, 4.69) is 5.32 Å². The molecule has 0 aliphatic rings. The molecule has 5 heteroatoms. The molecule has 0 saturated heterocycles. The van der Waals surface area contributed by atoms with Crippen LogP contribution >= 0.6 is 0 Å². The first kappa shape index (κ1) is 16.8. The van der Waals surface area contributed by atoms with E-state index in [0.29, 0.717) is 16.8 Å². The molecule has 5 nitrogen and oxygen atoms in total. The third-order valence-corrected chi connectivity index (χ3v) is 4.41. The number of rotatable bonds is 4. The molecule has 1 aromatic heterocycles. The molecule has 1 amide bonds. The topological polar surface area (TPSA) is 68.5 Å². The quantitative estimate of drug-likeness (QED) is 0.537. The lowest BCUT2D eigenvalue weighted by Crippen LogP contribution is -2.20. The van der Waals surface area contributed by atoms with E-state index in [9.17, 15) is 9.59 Å². The highest BCUT2D eigenvalue weighted by atomic mass is 16.5. The number of hydrogen-bond acceptors (Lipinski definition) is 4. The molecule has 0 spiro atoms. The van der Waals surface area contributed by atoms with Gasteiger partial charge in [-0.05, 0) is 24.4 Å². The minimum atomic E-state index is -0.656. The van der Waals surface area contributed by atoms with Gasteiger partial charge in [-0.1, -0.05) is 54.6 Å². The summed E-state index contributed by atoms with van der Waals surface area (Å²) in [7, 11) is 0. The molecule has 0 saturated carbocycles. The first-order chi connectivity index (χ1) is 13.1. The number of hydrogen-bond donors (Lipinski definition) is 1. The van der Waals surface area contributed by atoms with Crippen LogP contribution in [0.25, 0.3) is 21.7 Å². The molecule has 134 valence electrons. The van der Waals surface area contributed by atoms with Gasteiger partial charge in [0.2, 0.25) is 5.76 Å². The molecule has 3 aromatic carbocycles. The maximum absolute atomic E-state index is 12.4. The molecule has 27 heavy (non-hydrogen) atoms.